The van der Waals surface area contributed by atoms with Crippen molar-refractivity contribution in [1.29, 1.82) is 0 Å². The molecule has 3 unspecified atom stereocenters. The first-order chi connectivity index (χ1) is 22.9. The van der Waals surface area contributed by atoms with Crippen LogP contribution >= 0.6 is 0 Å². The van der Waals surface area contributed by atoms with Gasteiger partial charge >= 0.3 is 0 Å². The summed E-state index contributed by atoms with van der Waals surface area (Å²) in [6.07, 6.45) is 5.18. The van der Waals surface area contributed by atoms with Gasteiger partial charge in [0.15, 0.2) is 0 Å². The van der Waals surface area contributed by atoms with Crippen LogP contribution in [0.4, 0.5) is 17.1 Å². The Morgan fingerprint density at radius 1 is 0.612 bits per heavy atom. The van der Waals surface area contributed by atoms with Crippen LogP contribution in [0.5, 0.6) is 0 Å². The predicted octanol–water partition coefficient (Wildman–Crippen LogP) is 11.9. The van der Waals surface area contributed by atoms with E-state index >= 15 is 0 Å². The van der Waals surface area contributed by atoms with Gasteiger partial charge in [-0.3, -0.25) is 0 Å². The number of rotatable bonds is 3. The number of anilines is 3. The second-order valence-corrected chi connectivity index (χ2v) is 19.1. The maximum Gasteiger partial charge on any atom is 0.218 e. The fourth-order valence-corrected chi connectivity index (χ4v) is 9.21. The molecule has 7 rings (SSSR count). The Balaban J connectivity index is 1.54. The van der Waals surface area contributed by atoms with E-state index in [-0.39, 0.29) is 21.7 Å². The SMILES string of the molecule is CC1c2cc(C(C)(C)C)cc3c2B(c2ccc(C(C)(C)c4ccccc4)cc2N3c2cccc(C(C)(C)C)c2)C2CCC(C(C)(C)C)=CC21. The molecule has 0 saturated carbocycles. The van der Waals surface area contributed by atoms with Crippen LogP contribution in [0.1, 0.15) is 130 Å². The lowest BCUT2D eigenvalue weighted by Crippen LogP contribution is -2.59. The number of fused-ring (bicyclic) bond motifs is 4. The Labute approximate surface area is 298 Å². The molecule has 1 nitrogen and oxygen atoms in total. The molecule has 254 valence electrons. The summed E-state index contributed by atoms with van der Waals surface area (Å²) in [7, 11) is 0. The van der Waals surface area contributed by atoms with Crippen molar-refractivity contribution in [3.05, 3.63) is 124 Å². The lowest BCUT2D eigenvalue weighted by Gasteiger charge is -2.50. The molecule has 2 heteroatoms. The van der Waals surface area contributed by atoms with Crippen molar-refractivity contribution < 1.29 is 0 Å². The van der Waals surface area contributed by atoms with Gasteiger partial charge in [0.1, 0.15) is 0 Å². The molecule has 2 heterocycles. The van der Waals surface area contributed by atoms with Crippen molar-refractivity contribution >= 4 is 34.7 Å². The highest BCUT2D eigenvalue weighted by Crippen LogP contribution is 2.54. The van der Waals surface area contributed by atoms with Crippen molar-refractivity contribution in [2.24, 2.45) is 11.3 Å². The number of benzene rings is 4. The van der Waals surface area contributed by atoms with E-state index in [1.54, 1.807) is 16.6 Å². The lowest BCUT2D eigenvalue weighted by atomic mass is 9.25. The smallest absolute Gasteiger partial charge is 0.218 e. The number of hydrogen-bond acceptors (Lipinski definition) is 1. The summed E-state index contributed by atoms with van der Waals surface area (Å²) in [6, 6.07) is 33.2. The van der Waals surface area contributed by atoms with Crippen LogP contribution in [0.25, 0.3) is 0 Å². The van der Waals surface area contributed by atoms with E-state index in [4.69, 9.17) is 0 Å². The van der Waals surface area contributed by atoms with E-state index in [0.717, 1.165) is 0 Å². The Kier molecular flexibility index (Phi) is 7.98. The zero-order valence-electron chi connectivity index (χ0n) is 32.3. The van der Waals surface area contributed by atoms with Gasteiger partial charge in [-0.2, -0.15) is 0 Å². The quantitative estimate of drug-likeness (QED) is 0.158. The number of hydrogen-bond donors (Lipinski definition) is 0. The van der Waals surface area contributed by atoms with Gasteiger partial charge in [-0.25, -0.2) is 0 Å². The van der Waals surface area contributed by atoms with Gasteiger partial charge < -0.3 is 4.90 Å². The van der Waals surface area contributed by atoms with Crippen molar-refractivity contribution in [3.63, 3.8) is 0 Å². The van der Waals surface area contributed by atoms with E-state index in [1.165, 1.54) is 57.6 Å². The minimum Gasteiger partial charge on any atom is -0.312 e. The molecule has 3 aliphatic rings. The van der Waals surface area contributed by atoms with Crippen LogP contribution in [-0.4, -0.2) is 6.71 Å². The minimum atomic E-state index is -0.132. The average Bonchev–Trinajstić information content (AvgIpc) is 3.05. The highest BCUT2D eigenvalue weighted by molar-refractivity contribution is 6.90. The third kappa shape index (κ3) is 5.72. The zero-order valence-corrected chi connectivity index (χ0v) is 32.3. The zero-order chi connectivity index (χ0) is 35.3. The summed E-state index contributed by atoms with van der Waals surface area (Å²) in [5.74, 6) is 1.59. The van der Waals surface area contributed by atoms with Crippen LogP contribution in [-0.2, 0) is 16.2 Å². The van der Waals surface area contributed by atoms with Crippen molar-refractivity contribution in [2.45, 2.75) is 124 Å². The molecule has 4 aromatic carbocycles. The first-order valence-corrected chi connectivity index (χ1v) is 18.9. The van der Waals surface area contributed by atoms with E-state index in [2.05, 4.69) is 179 Å². The van der Waals surface area contributed by atoms with Crippen LogP contribution < -0.4 is 15.8 Å². The highest BCUT2D eigenvalue weighted by Gasteiger charge is 2.50. The van der Waals surface area contributed by atoms with Gasteiger partial charge in [0.25, 0.3) is 0 Å². The van der Waals surface area contributed by atoms with E-state index in [0.29, 0.717) is 24.4 Å². The maximum absolute atomic E-state index is 2.73. The summed E-state index contributed by atoms with van der Waals surface area (Å²) >= 11 is 0. The molecule has 49 heavy (non-hydrogen) atoms. The third-order valence-electron chi connectivity index (χ3n) is 12.5. The Morgan fingerprint density at radius 2 is 1.27 bits per heavy atom. The third-order valence-corrected chi connectivity index (χ3v) is 12.5. The van der Waals surface area contributed by atoms with Crippen LogP contribution in [0.3, 0.4) is 0 Å². The standard InChI is InChI=1S/C47H58BN/c1-30-37-26-33(45(5,6)7)21-23-39(37)48-40-24-22-34(47(11,12)31-17-14-13-15-18-31)28-41(40)49(36-20-16-19-32(25-36)44(2,3)4)42-29-35(46(8,9)10)27-38(30)43(42)48/h13-20,22,24-30,37,39H,21,23H2,1-12H3. The molecule has 0 fully saturated rings. The molecule has 0 bridgehead atoms. The van der Waals surface area contributed by atoms with Gasteiger partial charge in [-0.05, 0) is 97.9 Å². The van der Waals surface area contributed by atoms with E-state index < -0.39 is 0 Å². The van der Waals surface area contributed by atoms with Gasteiger partial charge in [-0.1, -0.05) is 167 Å². The molecule has 0 saturated heterocycles. The fourth-order valence-electron chi connectivity index (χ4n) is 9.21. The molecular formula is C47H58BN. The molecule has 0 spiro atoms. The molecule has 1 aliphatic carbocycles. The molecule has 0 radical (unpaired) electrons. The molecule has 0 amide bonds. The Morgan fingerprint density at radius 3 is 1.92 bits per heavy atom. The lowest BCUT2D eigenvalue weighted by molar-refractivity contribution is 0.395. The summed E-state index contributed by atoms with van der Waals surface area (Å²) in [6.45, 7) is 29.1. The van der Waals surface area contributed by atoms with Gasteiger partial charge in [-0.15, -0.1) is 0 Å². The number of nitrogens with zero attached hydrogens (tertiary/aromatic N) is 1. The summed E-state index contributed by atoms with van der Waals surface area (Å²) < 4.78 is 0. The molecule has 2 aliphatic heterocycles. The van der Waals surface area contributed by atoms with Gasteiger partial charge in [0.2, 0.25) is 6.71 Å². The van der Waals surface area contributed by atoms with Crippen LogP contribution in [0.15, 0.2) is 96.6 Å². The summed E-state index contributed by atoms with van der Waals surface area (Å²) in [5.41, 5.74) is 16.0. The molecular weight excluding hydrogens is 589 g/mol. The topological polar surface area (TPSA) is 3.24 Å². The second kappa shape index (κ2) is 11.5. The number of allylic oxidation sites excluding steroid dienone is 2. The largest absolute Gasteiger partial charge is 0.312 e. The highest BCUT2D eigenvalue weighted by atomic mass is 15.2. The first-order valence-electron chi connectivity index (χ1n) is 18.9. The maximum atomic E-state index is 2.73. The van der Waals surface area contributed by atoms with Gasteiger partial charge in [0, 0.05) is 22.5 Å². The van der Waals surface area contributed by atoms with Crippen molar-refractivity contribution in [3.8, 4) is 0 Å². The van der Waals surface area contributed by atoms with Crippen molar-refractivity contribution in [2.75, 3.05) is 4.90 Å². The fraction of sp³-hybridized carbons (Fsp3) is 0.447. The Bertz CT molecular complexity index is 1920. The second-order valence-electron chi connectivity index (χ2n) is 19.1. The van der Waals surface area contributed by atoms with Crippen LogP contribution in [0.2, 0.25) is 5.82 Å². The average molecular weight is 648 g/mol. The molecule has 0 N–H and O–H groups in total. The van der Waals surface area contributed by atoms with Gasteiger partial charge in [0.05, 0.1) is 0 Å². The monoisotopic (exact) mass is 647 g/mol. The van der Waals surface area contributed by atoms with Crippen LogP contribution in [0, 0.1) is 11.3 Å². The normalized spacial score (nSPS) is 20.7. The van der Waals surface area contributed by atoms with E-state index in [9.17, 15) is 0 Å². The summed E-state index contributed by atoms with van der Waals surface area (Å²) in [5, 5.41) is 0. The molecule has 4 aromatic rings. The molecule has 3 atom stereocenters. The summed E-state index contributed by atoms with van der Waals surface area (Å²) in [4.78, 5) is 2.66. The first kappa shape index (κ1) is 34.0. The van der Waals surface area contributed by atoms with E-state index in [1.807, 2.05) is 0 Å². The minimum absolute atomic E-state index is 0.0346. The predicted molar refractivity (Wildman–Crippen MR) is 215 cm³/mol. The Hall–Kier alpha value is -3.52. The molecule has 0 aromatic heterocycles. The van der Waals surface area contributed by atoms with Crippen molar-refractivity contribution in [1.82, 2.24) is 0 Å².